The Morgan fingerprint density at radius 3 is 2.54 bits per heavy atom. The Balaban J connectivity index is 1.63. The van der Waals surface area contributed by atoms with Crippen molar-refractivity contribution in [1.29, 1.82) is 0 Å². The molecule has 0 saturated heterocycles. The molecule has 3 aromatic rings. The molecule has 0 fully saturated rings. The van der Waals surface area contributed by atoms with E-state index >= 15 is 0 Å². The summed E-state index contributed by atoms with van der Waals surface area (Å²) in [6, 6.07) is 17.4. The third-order valence-corrected chi connectivity index (χ3v) is 3.87. The van der Waals surface area contributed by atoms with Gasteiger partial charge in [-0.25, -0.2) is 9.59 Å². The Morgan fingerprint density at radius 1 is 1.08 bits per heavy atom. The van der Waals surface area contributed by atoms with E-state index in [0.29, 0.717) is 11.0 Å². The van der Waals surface area contributed by atoms with Crippen molar-refractivity contribution in [2.24, 2.45) is 0 Å². The van der Waals surface area contributed by atoms with E-state index in [4.69, 9.17) is 9.15 Å². The lowest BCUT2D eigenvalue weighted by Gasteiger charge is -2.14. The molecule has 6 heteroatoms. The topological polar surface area (TPSA) is 85.6 Å². The van der Waals surface area contributed by atoms with Crippen molar-refractivity contribution in [2.75, 3.05) is 6.61 Å². The molecule has 1 atom stereocenters. The first-order valence-electron chi connectivity index (χ1n) is 8.09. The van der Waals surface area contributed by atoms with Gasteiger partial charge in [-0.2, -0.15) is 0 Å². The summed E-state index contributed by atoms with van der Waals surface area (Å²) in [7, 11) is 0. The normalized spacial score (nSPS) is 11.7. The largest absolute Gasteiger partial charge is 0.452 e. The van der Waals surface area contributed by atoms with Gasteiger partial charge in [0.25, 0.3) is 5.91 Å². The maximum Gasteiger partial charge on any atom is 0.351 e. The second-order valence-corrected chi connectivity index (χ2v) is 5.76. The van der Waals surface area contributed by atoms with Gasteiger partial charge >= 0.3 is 11.6 Å². The van der Waals surface area contributed by atoms with Crippen molar-refractivity contribution >= 4 is 22.8 Å². The average Bonchev–Trinajstić information content (AvgIpc) is 2.66. The Labute approximate surface area is 149 Å². The summed E-state index contributed by atoms with van der Waals surface area (Å²) in [5.74, 6) is -1.35. The van der Waals surface area contributed by atoms with Crippen LogP contribution >= 0.6 is 0 Å². The van der Waals surface area contributed by atoms with Crippen LogP contribution in [-0.4, -0.2) is 18.5 Å². The summed E-state index contributed by atoms with van der Waals surface area (Å²) >= 11 is 0. The molecule has 1 amide bonds. The summed E-state index contributed by atoms with van der Waals surface area (Å²) in [4.78, 5) is 36.0. The predicted molar refractivity (Wildman–Crippen MR) is 95.8 cm³/mol. The van der Waals surface area contributed by atoms with Gasteiger partial charge in [0.05, 0.1) is 6.04 Å². The van der Waals surface area contributed by atoms with Crippen LogP contribution in [0.15, 0.2) is 69.9 Å². The summed E-state index contributed by atoms with van der Waals surface area (Å²) in [5.41, 5.74) is 0.269. The van der Waals surface area contributed by atoms with Crippen molar-refractivity contribution in [3.05, 3.63) is 82.2 Å². The van der Waals surface area contributed by atoms with Crippen LogP contribution in [0.5, 0.6) is 0 Å². The molecule has 0 saturated carbocycles. The molecule has 0 unspecified atom stereocenters. The Bertz CT molecular complexity index is 994. The molecule has 0 aliphatic carbocycles. The highest BCUT2D eigenvalue weighted by Gasteiger charge is 2.17. The zero-order valence-electron chi connectivity index (χ0n) is 14.1. The lowest BCUT2D eigenvalue weighted by Crippen LogP contribution is -2.31. The van der Waals surface area contributed by atoms with E-state index in [1.807, 2.05) is 37.3 Å². The highest BCUT2D eigenvalue weighted by atomic mass is 16.5. The van der Waals surface area contributed by atoms with E-state index in [0.717, 1.165) is 5.56 Å². The first-order valence-corrected chi connectivity index (χ1v) is 8.09. The van der Waals surface area contributed by atoms with Crippen molar-refractivity contribution in [3.63, 3.8) is 0 Å². The number of hydrogen-bond donors (Lipinski definition) is 1. The molecule has 0 bridgehead atoms. The van der Waals surface area contributed by atoms with Gasteiger partial charge in [0.2, 0.25) is 0 Å². The number of ether oxygens (including phenoxy) is 1. The van der Waals surface area contributed by atoms with E-state index in [1.54, 1.807) is 24.3 Å². The summed E-state index contributed by atoms with van der Waals surface area (Å²) in [6.07, 6.45) is 0. The second-order valence-electron chi connectivity index (χ2n) is 5.76. The second kappa shape index (κ2) is 7.65. The molecule has 0 spiro atoms. The number of benzene rings is 2. The number of para-hydroxylation sites is 1. The molecule has 1 heterocycles. The van der Waals surface area contributed by atoms with Crippen LogP contribution in [0.25, 0.3) is 11.0 Å². The van der Waals surface area contributed by atoms with Crippen molar-refractivity contribution in [1.82, 2.24) is 5.32 Å². The fraction of sp³-hybridized carbons (Fsp3) is 0.150. The highest BCUT2D eigenvalue weighted by molar-refractivity contribution is 5.94. The minimum atomic E-state index is -0.896. The molecule has 6 nitrogen and oxygen atoms in total. The van der Waals surface area contributed by atoms with Crippen LogP contribution in [0.2, 0.25) is 0 Å². The van der Waals surface area contributed by atoms with Gasteiger partial charge in [0.1, 0.15) is 11.1 Å². The van der Waals surface area contributed by atoms with E-state index in [9.17, 15) is 14.4 Å². The zero-order valence-corrected chi connectivity index (χ0v) is 14.1. The Kier molecular flexibility index (Phi) is 5.12. The van der Waals surface area contributed by atoms with E-state index in [-0.39, 0.29) is 11.6 Å². The number of nitrogens with one attached hydrogen (secondary N) is 1. The van der Waals surface area contributed by atoms with Gasteiger partial charge in [-0.05, 0) is 24.6 Å². The number of fused-ring (bicyclic) bond motifs is 1. The quantitative estimate of drug-likeness (QED) is 0.564. The van der Waals surface area contributed by atoms with Crippen molar-refractivity contribution in [2.45, 2.75) is 13.0 Å². The molecule has 0 aliphatic rings. The molecule has 0 aliphatic heterocycles. The monoisotopic (exact) mass is 351 g/mol. The summed E-state index contributed by atoms with van der Waals surface area (Å²) in [6.45, 7) is 1.34. The van der Waals surface area contributed by atoms with Crippen LogP contribution < -0.4 is 10.9 Å². The van der Waals surface area contributed by atoms with E-state index < -0.39 is 24.1 Å². The lowest BCUT2D eigenvalue weighted by molar-refractivity contribution is -0.124. The number of amides is 1. The van der Waals surface area contributed by atoms with Gasteiger partial charge in [0.15, 0.2) is 6.61 Å². The maximum atomic E-state index is 12.1. The maximum absolute atomic E-state index is 12.1. The fourth-order valence-electron chi connectivity index (χ4n) is 2.52. The SMILES string of the molecule is C[C@H](NC(=O)COC(=O)c1cc2ccccc2oc1=O)c1ccccc1. The van der Waals surface area contributed by atoms with Gasteiger partial charge < -0.3 is 14.5 Å². The number of hydrogen-bond acceptors (Lipinski definition) is 5. The van der Waals surface area contributed by atoms with Crippen LogP contribution in [0, 0.1) is 0 Å². The third kappa shape index (κ3) is 3.97. The molecule has 1 aromatic heterocycles. The molecule has 1 N–H and O–H groups in total. The van der Waals surface area contributed by atoms with Gasteiger partial charge in [-0.3, -0.25) is 4.79 Å². The molecule has 26 heavy (non-hydrogen) atoms. The van der Waals surface area contributed by atoms with E-state index in [2.05, 4.69) is 5.32 Å². The van der Waals surface area contributed by atoms with Crippen LogP contribution in [0.4, 0.5) is 0 Å². The number of esters is 1. The molecule has 2 aromatic carbocycles. The number of carbonyl (C=O) groups excluding carboxylic acids is 2. The number of rotatable bonds is 5. The molecular weight excluding hydrogens is 334 g/mol. The van der Waals surface area contributed by atoms with E-state index in [1.165, 1.54) is 6.07 Å². The molecule has 3 rings (SSSR count). The molecule has 0 radical (unpaired) electrons. The lowest BCUT2D eigenvalue weighted by atomic mass is 10.1. The zero-order chi connectivity index (χ0) is 18.5. The molecule has 132 valence electrons. The van der Waals surface area contributed by atoms with Crippen LogP contribution in [0.3, 0.4) is 0 Å². The summed E-state index contributed by atoms with van der Waals surface area (Å²) in [5, 5.41) is 3.33. The standard InChI is InChI=1S/C20H17NO5/c1-13(14-7-3-2-4-8-14)21-18(22)12-25-19(23)16-11-15-9-5-6-10-17(15)26-20(16)24/h2-11,13H,12H2,1H3,(H,21,22)/t13-/m0/s1. The Morgan fingerprint density at radius 2 is 1.77 bits per heavy atom. The first-order chi connectivity index (χ1) is 12.5. The molecular formula is C20H17NO5. The number of carbonyl (C=O) groups is 2. The fourth-order valence-corrected chi connectivity index (χ4v) is 2.52. The van der Waals surface area contributed by atoms with Crippen molar-refractivity contribution < 1.29 is 18.7 Å². The third-order valence-electron chi connectivity index (χ3n) is 3.87. The Hall–Kier alpha value is -3.41. The highest BCUT2D eigenvalue weighted by Crippen LogP contribution is 2.13. The van der Waals surface area contributed by atoms with Gasteiger partial charge in [0, 0.05) is 5.39 Å². The van der Waals surface area contributed by atoms with Crippen molar-refractivity contribution in [3.8, 4) is 0 Å². The van der Waals surface area contributed by atoms with Gasteiger partial charge in [-0.1, -0.05) is 48.5 Å². The minimum absolute atomic E-state index is 0.229. The predicted octanol–water partition coefficient (Wildman–Crippen LogP) is 2.83. The van der Waals surface area contributed by atoms with Gasteiger partial charge in [-0.15, -0.1) is 0 Å². The minimum Gasteiger partial charge on any atom is -0.452 e. The first kappa shape index (κ1) is 17.4. The average molecular weight is 351 g/mol. The smallest absolute Gasteiger partial charge is 0.351 e. The van der Waals surface area contributed by atoms with Crippen LogP contribution in [0.1, 0.15) is 28.9 Å². The van der Waals surface area contributed by atoms with Crippen LogP contribution in [-0.2, 0) is 9.53 Å². The summed E-state index contributed by atoms with van der Waals surface area (Å²) < 4.78 is 10.0.